The highest BCUT2D eigenvalue weighted by Gasteiger charge is 2.27. The third-order valence-electron chi connectivity index (χ3n) is 2.92. The topological polar surface area (TPSA) is 41.1 Å². The molecule has 2 N–H and O–H groups in total. The fraction of sp³-hybridized carbons (Fsp3) is 0.188. The Morgan fingerprint density at radius 2 is 1.76 bits per heavy atom. The Morgan fingerprint density at radius 3 is 2.44 bits per heavy atom. The second-order valence-corrected chi connectivity index (χ2v) is 5.95. The van der Waals surface area contributed by atoms with E-state index in [4.69, 9.17) is 0 Å². The smallest absolute Gasteiger partial charge is 0.375 e. The van der Waals surface area contributed by atoms with E-state index in [1.807, 2.05) is 0 Å². The van der Waals surface area contributed by atoms with E-state index >= 15 is 0 Å². The van der Waals surface area contributed by atoms with Crippen LogP contribution in [-0.2, 0) is 4.79 Å². The highest BCUT2D eigenvalue weighted by atomic mass is 32.2. The van der Waals surface area contributed by atoms with Crippen LogP contribution in [0.1, 0.15) is 0 Å². The van der Waals surface area contributed by atoms with Gasteiger partial charge in [-0.05, 0) is 24.3 Å². The molecule has 2 aromatic rings. The SMILES string of the molecule is O=C(CNc1ccccc1SCC(F)(F)F)Nc1ccc(F)c(F)c1. The summed E-state index contributed by atoms with van der Waals surface area (Å²) in [6, 6.07) is 9.17. The maximum absolute atomic E-state index is 13.1. The van der Waals surface area contributed by atoms with Crippen LogP contribution in [0.5, 0.6) is 0 Å². The Hall–Kier alpha value is -2.29. The first-order valence-electron chi connectivity index (χ1n) is 7.02. The molecule has 134 valence electrons. The minimum atomic E-state index is -4.30. The van der Waals surface area contributed by atoms with Crippen LogP contribution in [0.15, 0.2) is 47.4 Å². The molecule has 2 rings (SSSR count). The van der Waals surface area contributed by atoms with Crippen LogP contribution < -0.4 is 10.6 Å². The number of carbonyl (C=O) groups excluding carboxylic acids is 1. The van der Waals surface area contributed by atoms with Crippen molar-refractivity contribution in [3.8, 4) is 0 Å². The summed E-state index contributed by atoms with van der Waals surface area (Å²) in [7, 11) is 0. The molecule has 0 aliphatic heterocycles. The Labute approximate surface area is 144 Å². The summed E-state index contributed by atoms with van der Waals surface area (Å²) in [5.41, 5.74) is 0.447. The summed E-state index contributed by atoms with van der Waals surface area (Å²) in [5, 5.41) is 5.09. The lowest BCUT2D eigenvalue weighted by Crippen LogP contribution is -2.22. The van der Waals surface area contributed by atoms with Gasteiger partial charge in [0.2, 0.25) is 5.91 Å². The van der Waals surface area contributed by atoms with Gasteiger partial charge < -0.3 is 10.6 Å². The molecule has 0 heterocycles. The zero-order chi connectivity index (χ0) is 18.4. The number of hydrogen-bond acceptors (Lipinski definition) is 3. The van der Waals surface area contributed by atoms with E-state index in [9.17, 15) is 26.7 Å². The molecule has 0 aliphatic rings. The average Bonchev–Trinajstić information content (AvgIpc) is 2.54. The molecule has 0 spiro atoms. The van der Waals surface area contributed by atoms with Crippen molar-refractivity contribution in [2.24, 2.45) is 0 Å². The van der Waals surface area contributed by atoms with Gasteiger partial charge in [0.1, 0.15) is 0 Å². The van der Waals surface area contributed by atoms with Crippen molar-refractivity contribution >= 4 is 29.0 Å². The minimum Gasteiger partial charge on any atom is -0.375 e. The molecule has 0 aliphatic carbocycles. The summed E-state index contributed by atoms with van der Waals surface area (Å²) in [6.07, 6.45) is -4.30. The van der Waals surface area contributed by atoms with E-state index < -0.39 is 29.5 Å². The van der Waals surface area contributed by atoms with Gasteiger partial charge in [0, 0.05) is 22.3 Å². The number of anilines is 2. The predicted molar refractivity (Wildman–Crippen MR) is 86.7 cm³/mol. The minimum absolute atomic E-state index is 0.0745. The van der Waals surface area contributed by atoms with Crippen molar-refractivity contribution < 1.29 is 26.7 Å². The van der Waals surface area contributed by atoms with E-state index in [-0.39, 0.29) is 12.2 Å². The Balaban J connectivity index is 1.94. The predicted octanol–water partition coefficient (Wildman–Crippen LogP) is 4.67. The summed E-state index contributed by atoms with van der Waals surface area (Å²) < 4.78 is 62.9. The first-order valence-corrected chi connectivity index (χ1v) is 8.00. The summed E-state index contributed by atoms with van der Waals surface area (Å²) in [5.74, 6) is -3.74. The number of benzene rings is 2. The van der Waals surface area contributed by atoms with Gasteiger partial charge in [-0.2, -0.15) is 13.2 Å². The number of amides is 1. The highest BCUT2D eigenvalue weighted by Crippen LogP contribution is 2.31. The van der Waals surface area contributed by atoms with Crippen LogP contribution in [-0.4, -0.2) is 24.4 Å². The number of nitrogens with one attached hydrogen (secondary N) is 2. The number of alkyl halides is 3. The highest BCUT2D eigenvalue weighted by molar-refractivity contribution is 7.99. The van der Waals surface area contributed by atoms with E-state index in [0.29, 0.717) is 22.3 Å². The number of rotatable bonds is 6. The van der Waals surface area contributed by atoms with Gasteiger partial charge in [0.25, 0.3) is 0 Å². The monoisotopic (exact) mass is 376 g/mol. The number of hydrogen-bond donors (Lipinski definition) is 2. The average molecular weight is 376 g/mol. The fourth-order valence-corrected chi connectivity index (χ4v) is 2.64. The van der Waals surface area contributed by atoms with Crippen molar-refractivity contribution in [3.05, 3.63) is 54.1 Å². The van der Waals surface area contributed by atoms with Crippen molar-refractivity contribution in [2.45, 2.75) is 11.1 Å². The number of para-hydroxylation sites is 1. The van der Waals surface area contributed by atoms with E-state index in [0.717, 1.165) is 12.1 Å². The molecule has 9 heteroatoms. The largest absolute Gasteiger partial charge is 0.398 e. The zero-order valence-electron chi connectivity index (χ0n) is 12.7. The zero-order valence-corrected chi connectivity index (χ0v) is 13.5. The molecule has 2 aromatic carbocycles. The Morgan fingerprint density at radius 1 is 1.04 bits per heavy atom. The maximum Gasteiger partial charge on any atom is 0.398 e. The molecule has 3 nitrogen and oxygen atoms in total. The fourth-order valence-electron chi connectivity index (χ4n) is 1.85. The number of carbonyl (C=O) groups is 1. The lowest BCUT2D eigenvalue weighted by atomic mass is 10.3. The second-order valence-electron chi connectivity index (χ2n) is 4.93. The van der Waals surface area contributed by atoms with Gasteiger partial charge in [-0.15, -0.1) is 11.8 Å². The molecule has 0 radical (unpaired) electrons. The van der Waals surface area contributed by atoms with Gasteiger partial charge in [-0.1, -0.05) is 12.1 Å². The Kier molecular flexibility index (Phi) is 6.24. The third kappa shape index (κ3) is 6.26. The van der Waals surface area contributed by atoms with E-state index in [2.05, 4.69) is 10.6 Å². The first-order chi connectivity index (χ1) is 11.7. The molecular weight excluding hydrogens is 363 g/mol. The van der Waals surface area contributed by atoms with Crippen molar-refractivity contribution in [3.63, 3.8) is 0 Å². The maximum atomic E-state index is 13.1. The first kappa shape index (κ1) is 19.0. The van der Waals surface area contributed by atoms with E-state index in [1.54, 1.807) is 18.2 Å². The van der Waals surface area contributed by atoms with Crippen LogP contribution in [0.3, 0.4) is 0 Å². The summed E-state index contributed by atoms with van der Waals surface area (Å²) in [4.78, 5) is 12.2. The van der Waals surface area contributed by atoms with Gasteiger partial charge in [0.15, 0.2) is 11.6 Å². The van der Waals surface area contributed by atoms with Crippen molar-refractivity contribution in [1.29, 1.82) is 0 Å². The van der Waals surface area contributed by atoms with Gasteiger partial charge in [0.05, 0.1) is 12.3 Å². The van der Waals surface area contributed by atoms with E-state index in [1.165, 1.54) is 12.1 Å². The molecule has 0 atom stereocenters. The van der Waals surface area contributed by atoms with Gasteiger partial charge >= 0.3 is 6.18 Å². The number of halogens is 5. The molecule has 0 bridgehead atoms. The van der Waals surface area contributed by atoms with Crippen LogP contribution in [0.2, 0.25) is 0 Å². The lowest BCUT2D eigenvalue weighted by molar-refractivity contribution is -0.114. The number of thioether (sulfide) groups is 1. The molecule has 0 unspecified atom stereocenters. The second kappa shape index (κ2) is 8.19. The summed E-state index contributed by atoms with van der Waals surface area (Å²) >= 11 is 0.603. The molecular formula is C16H13F5N2OS. The van der Waals surface area contributed by atoms with Crippen molar-refractivity contribution in [2.75, 3.05) is 22.9 Å². The van der Waals surface area contributed by atoms with Crippen LogP contribution in [0, 0.1) is 11.6 Å². The molecule has 0 saturated carbocycles. The van der Waals surface area contributed by atoms with Crippen LogP contribution in [0.4, 0.5) is 33.3 Å². The van der Waals surface area contributed by atoms with Gasteiger partial charge in [-0.3, -0.25) is 4.79 Å². The summed E-state index contributed by atoms with van der Waals surface area (Å²) in [6.45, 7) is -0.247. The quantitative estimate of drug-likeness (QED) is 0.569. The molecule has 25 heavy (non-hydrogen) atoms. The van der Waals surface area contributed by atoms with Gasteiger partial charge in [-0.25, -0.2) is 8.78 Å². The van der Waals surface area contributed by atoms with Crippen LogP contribution >= 0.6 is 11.8 Å². The normalized spacial score (nSPS) is 11.2. The Bertz CT molecular complexity index is 752. The molecule has 0 fully saturated rings. The molecule has 1 amide bonds. The lowest BCUT2D eigenvalue weighted by Gasteiger charge is -2.13. The third-order valence-corrected chi connectivity index (χ3v) is 4.06. The molecule has 0 aromatic heterocycles. The standard InChI is InChI=1S/C16H13F5N2OS/c17-11-6-5-10(7-12(11)18)23-15(24)8-22-13-3-1-2-4-14(13)25-9-16(19,20)21/h1-7,22H,8-9H2,(H,23,24). The van der Waals surface area contributed by atoms with Crippen LogP contribution in [0.25, 0.3) is 0 Å². The molecule has 0 saturated heterocycles. The van der Waals surface area contributed by atoms with Crippen molar-refractivity contribution in [1.82, 2.24) is 0 Å².